The molecule has 11 heteroatoms. The lowest BCUT2D eigenvalue weighted by molar-refractivity contribution is -0.385. The number of amides is 1. The van der Waals surface area contributed by atoms with Gasteiger partial charge in [-0.2, -0.15) is 4.31 Å². The number of halogens is 2. The predicted molar refractivity (Wildman–Crippen MR) is 95.8 cm³/mol. The van der Waals surface area contributed by atoms with Crippen molar-refractivity contribution in [3.8, 4) is 0 Å². The number of nitro groups is 1. The number of nitrogens with one attached hydrogen (secondary N) is 1. The van der Waals surface area contributed by atoms with Crippen LogP contribution < -0.4 is 5.32 Å². The molecule has 0 saturated heterocycles. The maximum Gasteiger partial charge on any atom is 0.270 e. The Morgan fingerprint density at radius 1 is 1.25 bits per heavy atom. The Bertz CT molecular complexity index is 1010. The summed E-state index contributed by atoms with van der Waals surface area (Å²) in [6, 6.07) is 6.49. The summed E-state index contributed by atoms with van der Waals surface area (Å²) in [6.45, 7) is 0.863. The largest absolute Gasteiger partial charge is 0.348 e. The number of hydrogen-bond acceptors (Lipinski definition) is 5. The minimum absolute atomic E-state index is 0.0407. The van der Waals surface area contributed by atoms with Crippen LogP contribution >= 0.6 is 0 Å². The van der Waals surface area contributed by atoms with Gasteiger partial charge in [-0.05, 0) is 19.1 Å². The molecule has 0 bridgehead atoms. The molecule has 0 aliphatic rings. The number of benzene rings is 2. The van der Waals surface area contributed by atoms with Crippen molar-refractivity contribution in [1.29, 1.82) is 0 Å². The zero-order valence-corrected chi connectivity index (χ0v) is 15.7. The van der Waals surface area contributed by atoms with E-state index in [9.17, 15) is 32.1 Å². The van der Waals surface area contributed by atoms with Crippen molar-refractivity contribution in [3.63, 3.8) is 0 Å². The fraction of sp³-hybridized carbons (Fsp3) is 0.235. The normalized spacial score (nSPS) is 12.6. The fourth-order valence-corrected chi connectivity index (χ4v) is 3.61. The van der Waals surface area contributed by atoms with Gasteiger partial charge in [-0.15, -0.1) is 0 Å². The van der Waals surface area contributed by atoms with Crippen LogP contribution in [0.25, 0.3) is 0 Å². The van der Waals surface area contributed by atoms with Crippen LogP contribution in [0.1, 0.15) is 18.5 Å². The molecule has 28 heavy (non-hydrogen) atoms. The van der Waals surface area contributed by atoms with Crippen LogP contribution in [0.2, 0.25) is 0 Å². The highest BCUT2D eigenvalue weighted by Crippen LogP contribution is 2.21. The van der Waals surface area contributed by atoms with Crippen LogP contribution in [0, 0.1) is 21.7 Å². The van der Waals surface area contributed by atoms with Gasteiger partial charge in [0.2, 0.25) is 15.9 Å². The summed E-state index contributed by atoms with van der Waals surface area (Å²) in [5, 5.41) is 13.2. The predicted octanol–water partition coefficient (Wildman–Crippen LogP) is 2.37. The average molecular weight is 413 g/mol. The molecule has 0 saturated carbocycles. The summed E-state index contributed by atoms with van der Waals surface area (Å²) in [6.07, 6.45) is 0. The first-order chi connectivity index (χ1) is 13.0. The lowest BCUT2D eigenvalue weighted by Gasteiger charge is -2.19. The third-order valence-electron chi connectivity index (χ3n) is 3.91. The second-order valence-electron chi connectivity index (χ2n) is 5.97. The summed E-state index contributed by atoms with van der Waals surface area (Å²) in [7, 11) is -3.02. The Hall–Kier alpha value is -2.92. The SMILES string of the molecule is CC(NC(=O)CN(C)S(=O)(=O)c1cccc([N+](=O)[O-])c1)c1ccc(F)cc1F. The number of sulfonamides is 1. The highest BCUT2D eigenvalue weighted by molar-refractivity contribution is 7.89. The highest BCUT2D eigenvalue weighted by atomic mass is 32.2. The number of carbonyl (C=O) groups is 1. The topological polar surface area (TPSA) is 110 Å². The van der Waals surface area contributed by atoms with Crippen molar-refractivity contribution in [3.05, 3.63) is 69.8 Å². The van der Waals surface area contributed by atoms with Gasteiger partial charge in [0.15, 0.2) is 0 Å². The van der Waals surface area contributed by atoms with Crippen molar-refractivity contribution in [2.45, 2.75) is 17.9 Å². The monoisotopic (exact) mass is 413 g/mol. The quantitative estimate of drug-likeness (QED) is 0.554. The minimum Gasteiger partial charge on any atom is -0.348 e. The maximum atomic E-state index is 13.8. The minimum atomic E-state index is -4.16. The molecule has 1 amide bonds. The van der Waals surface area contributed by atoms with Gasteiger partial charge in [-0.3, -0.25) is 14.9 Å². The van der Waals surface area contributed by atoms with E-state index in [0.717, 1.165) is 29.6 Å². The number of non-ortho nitro benzene ring substituents is 1. The molecule has 2 aromatic rings. The standard InChI is InChI=1S/C17H17F2N3O5S/c1-11(15-7-6-12(18)8-16(15)19)20-17(23)10-21(2)28(26,27)14-5-3-4-13(9-14)22(24)25/h3-9,11H,10H2,1-2H3,(H,20,23). The second kappa shape index (κ2) is 8.40. The Morgan fingerprint density at radius 2 is 1.93 bits per heavy atom. The highest BCUT2D eigenvalue weighted by Gasteiger charge is 2.25. The molecule has 0 aliphatic heterocycles. The van der Waals surface area contributed by atoms with E-state index in [0.29, 0.717) is 6.07 Å². The summed E-state index contributed by atoms with van der Waals surface area (Å²) in [4.78, 5) is 21.9. The average Bonchev–Trinajstić information content (AvgIpc) is 2.61. The molecule has 1 unspecified atom stereocenters. The van der Waals surface area contributed by atoms with Crippen LogP contribution in [0.4, 0.5) is 14.5 Å². The summed E-state index contributed by atoms with van der Waals surface area (Å²) in [5.41, 5.74) is -0.363. The Balaban J connectivity index is 2.10. The zero-order chi connectivity index (χ0) is 21.1. The molecule has 1 N–H and O–H groups in total. The molecule has 0 aromatic heterocycles. The fourth-order valence-electron chi connectivity index (χ4n) is 2.44. The first-order valence-corrected chi connectivity index (χ1v) is 9.41. The summed E-state index contributed by atoms with van der Waals surface area (Å²) >= 11 is 0. The molecule has 1 atom stereocenters. The first kappa shape index (κ1) is 21.4. The van der Waals surface area contributed by atoms with E-state index in [-0.39, 0.29) is 10.5 Å². The van der Waals surface area contributed by atoms with E-state index in [4.69, 9.17) is 0 Å². The van der Waals surface area contributed by atoms with Crippen molar-refractivity contribution in [2.24, 2.45) is 0 Å². The Kier molecular flexibility index (Phi) is 6.41. The zero-order valence-electron chi connectivity index (χ0n) is 14.9. The molecule has 2 rings (SSSR count). The Morgan fingerprint density at radius 3 is 2.54 bits per heavy atom. The van der Waals surface area contributed by atoms with Gasteiger partial charge in [0.25, 0.3) is 5.69 Å². The van der Waals surface area contributed by atoms with Gasteiger partial charge in [0.1, 0.15) is 11.6 Å². The molecule has 0 heterocycles. The van der Waals surface area contributed by atoms with Crippen LogP contribution in [0.15, 0.2) is 47.4 Å². The number of nitro benzene ring substituents is 1. The summed E-state index contributed by atoms with van der Waals surface area (Å²) < 4.78 is 52.5. The summed E-state index contributed by atoms with van der Waals surface area (Å²) in [5.74, 6) is -2.33. The number of likely N-dealkylation sites (N-methyl/N-ethyl adjacent to an activating group) is 1. The van der Waals surface area contributed by atoms with Gasteiger partial charge in [-0.1, -0.05) is 12.1 Å². The number of hydrogen-bond donors (Lipinski definition) is 1. The number of rotatable bonds is 7. The van der Waals surface area contributed by atoms with Crippen LogP contribution in [0.3, 0.4) is 0 Å². The van der Waals surface area contributed by atoms with Crippen molar-refractivity contribution < 1.29 is 26.9 Å². The lowest BCUT2D eigenvalue weighted by atomic mass is 10.1. The third kappa shape index (κ3) is 4.87. The molecule has 0 aliphatic carbocycles. The van der Waals surface area contributed by atoms with Crippen molar-refractivity contribution in [2.75, 3.05) is 13.6 Å². The molecule has 8 nitrogen and oxygen atoms in total. The van der Waals surface area contributed by atoms with Crippen molar-refractivity contribution in [1.82, 2.24) is 9.62 Å². The molecular formula is C17H17F2N3O5S. The van der Waals surface area contributed by atoms with E-state index in [1.165, 1.54) is 25.1 Å². The molecule has 0 fully saturated rings. The van der Waals surface area contributed by atoms with E-state index in [1.807, 2.05) is 0 Å². The Labute approximate surface area is 160 Å². The number of carbonyl (C=O) groups excluding carboxylic acids is 1. The van der Waals surface area contributed by atoms with Gasteiger partial charge in [0, 0.05) is 30.8 Å². The maximum absolute atomic E-state index is 13.8. The van der Waals surface area contributed by atoms with Gasteiger partial charge in [0.05, 0.1) is 22.4 Å². The van der Waals surface area contributed by atoms with E-state index < -0.39 is 50.8 Å². The first-order valence-electron chi connectivity index (χ1n) is 7.97. The van der Waals surface area contributed by atoms with E-state index in [2.05, 4.69) is 5.32 Å². The van der Waals surface area contributed by atoms with Gasteiger partial charge < -0.3 is 5.32 Å². The molecule has 150 valence electrons. The second-order valence-corrected chi connectivity index (χ2v) is 8.02. The van der Waals surface area contributed by atoms with Crippen LogP contribution in [0.5, 0.6) is 0 Å². The number of nitrogens with zero attached hydrogens (tertiary/aromatic N) is 2. The third-order valence-corrected chi connectivity index (χ3v) is 5.71. The molecule has 0 spiro atoms. The van der Waals surface area contributed by atoms with Gasteiger partial charge >= 0.3 is 0 Å². The van der Waals surface area contributed by atoms with E-state index >= 15 is 0 Å². The molecule has 0 radical (unpaired) electrons. The van der Waals surface area contributed by atoms with Crippen LogP contribution in [-0.2, 0) is 14.8 Å². The smallest absolute Gasteiger partial charge is 0.270 e. The van der Waals surface area contributed by atoms with Crippen molar-refractivity contribution >= 4 is 21.6 Å². The molecule has 2 aromatic carbocycles. The van der Waals surface area contributed by atoms with E-state index in [1.54, 1.807) is 0 Å². The van der Waals surface area contributed by atoms with Crippen LogP contribution in [-0.4, -0.2) is 37.1 Å². The lowest BCUT2D eigenvalue weighted by Crippen LogP contribution is -2.39. The van der Waals surface area contributed by atoms with Gasteiger partial charge in [-0.25, -0.2) is 17.2 Å². The molecular weight excluding hydrogens is 396 g/mol.